The van der Waals surface area contributed by atoms with Crippen LogP contribution in [0.4, 0.5) is 4.79 Å². The van der Waals surface area contributed by atoms with Gasteiger partial charge in [0.05, 0.1) is 13.0 Å². The topological polar surface area (TPSA) is 76.1 Å². The molecule has 26 heavy (non-hydrogen) atoms. The number of carbonyl (C=O) groups excluding carboxylic acids is 1. The van der Waals surface area contributed by atoms with Crippen LogP contribution in [-0.2, 0) is 16.1 Å². The summed E-state index contributed by atoms with van der Waals surface area (Å²) in [5, 5.41) is 9.55. The molecule has 0 unspecified atom stereocenters. The molecule has 1 saturated heterocycles. The van der Waals surface area contributed by atoms with Crippen molar-refractivity contribution in [1.29, 1.82) is 0 Å². The average Bonchev–Trinajstić information content (AvgIpc) is 3.13. The van der Waals surface area contributed by atoms with Gasteiger partial charge in [0, 0.05) is 19.0 Å². The van der Waals surface area contributed by atoms with E-state index in [1.165, 1.54) is 4.90 Å². The number of benzene rings is 2. The molecule has 1 aliphatic heterocycles. The summed E-state index contributed by atoms with van der Waals surface area (Å²) in [5.74, 6) is -1.14. The molecule has 2 atom stereocenters. The molecule has 1 heterocycles. The number of carboxylic acid groups (broad SMARTS) is 1. The van der Waals surface area contributed by atoms with Crippen molar-refractivity contribution in [2.24, 2.45) is 5.92 Å². The zero-order valence-electron chi connectivity index (χ0n) is 14.5. The Kier molecular flexibility index (Phi) is 5.41. The van der Waals surface area contributed by atoms with E-state index in [2.05, 4.69) is 0 Å². The quantitative estimate of drug-likeness (QED) is 0.892. The van der Waals surface area contributed by atoms with Crippen LogP contribution >= 0.6 is 0 Å². The van der Waals surface area contributed by atoms with E-state index in [9.17, 15) is 14.7 Å². The molecule has 2 aromatic carbocycles. The van der Waals surface area contributed by atoms with Crippen LogP contribution in [0, 0.1) is 5.92 Å². The third-order valence-electron chi connectivity index (χ3n) is 4.64. The molecule has 6 heteroatoms. The molecule has 0 saturated carbocycles. The lowest BCUT2D eigenvalue weighted by molar-refractivity contribution is -0.141. The molecule has 6 nitrogen and oxygen atoms in total. The molecule has 1 aliphatic rings. The zero-order valence-corrected chi connectivity index (χ0v) is 14.5. The number of carboxylic acids is 1. The Hall–Kier alpha value is -3.02. The van der Waals surface area contributed by atoms with Crippen molar-refractivity contribution in [2.45, 2.75) is 12.5 Å². The van der Waals surface area contributed by atoms with Gasteiger partial charge in [0.15, 0.2) is 0 Å². The van der Waals surface area contributed by atoms with Crippen molar-refractivity contribution in [3.63, 3.8) is 0 Å². The van der Waals surface area contributed by atoms with Crippen molar-refractivity contribution in [3.8, 4) is 5.75 Å². The molecule has 0 bridgehead atoms. The summed E-state index contributed by atoms with van der Waals surface area (Å²) in [5.41, 5.74) is 1.76. The lowest BCUT2D eigenvalue weighted by Crippen LogP contribution is -2.30. The second-order valence-corrected chi connectivity index (χ2v) is 6.27. The number of likely N-dealkylation sites (tertiary alicyclic amines) is 1. The van der Waals surface area contributed by atoms with Gasteiger partial charge in [-0.3, -0.25) is 4.79 Å². The van der Waals surface area contributed by atoms with Crippen molar-refractivity contribution in [3.05, 3.63) is 65.7 Å². The lowest BCUT2D eigenvalue weighted by Gasteiger charge is -2.16. The lowest BCUT2D eigenvalue weighted by atomic mass is 9.89. The van der Waals surface area contributed by atoms with E-state index in [4.69, 9.17) is 9.47 Å². The zero-order chi connectivity index (χ0) is 18.5. The number of ether oxygens (including phenoxy) is 2. The highest BCUT2D eigenvalue weighted by atomic mass is 16.6. The molecule has 1 amide bonds. The van der Waals surface area contributed by atoms with Gasteiger partial charge in [-0.15, -0.1) is 0 Å². The first-order valence-electron chi connectivity index (χ1n) is 8.41. The molecule has 3 rings (SSSR count). The minimum absolute atomic E-state index is 0.139. The summed E-state index contributed by atoms with van der Waals surface area (Å²) in [7, 11) is 1.58. The summed E-state index contributed by atoms with van der Waals surface area (Å²) in [6.07, 6.45) is -0.490. The van der Waals surface area contributed by atoms with Crippen LogP contribution in [0.3, 0.4) is 0 Å². The third kappa shape index (κ3) is 3.96. The summed E-state index contributed by atoms with van der Waals surface area (Å²) in [6, 6.07) is 16.7. The summed E-state index contributed by atoms with van der Waals surface area (Å²) >= 11 is 0. The fourth-order valence-electron chi connectivity index (χ4n) is 3.20. The SMILES string of the molecule is COc1ccc([C@H]2CN(C(=O)OCc3ccccc3)C[C@H]2C(=O)O)cc1. The largest absolute Gasteiger partial charge is 0.497 e. The smallest absolute Gasteiger partial charge is 0.410 e. The molecule has 136 valence electrons. The number of nitrogens with zero attached hydrogens (tertiary/aromatic N) is 1. The van der Waals surface area contributed by atoms with Gasteiger partial charge in [0.2, 0.25) is 0 Å². The summed E-state index contributed by atoms with van der Waals surface area (Å²) in [4.78, 5) is 25.5. The van der Waals surface area contributed by atoms with Crippen LogP contribution in [-0.4, -0.2) is 42.3 Å². The summed E-state index contributed by atoms with van der Waals surface area (Å²) < 4.78 is 10.5. The molecule has 2 aromatic rings. The number of rotatable bonds is 5. The molecule has 1 N–H and O–H groups in total. The Morgan fingerprint density at radius 2 is 1.77 bits per heavy atom. The van der Waals surface area contributed by atoms with Crippen LogP contribution in [0.5, 0.6) is 5.75 Å². The molecule has 1 fully saturated rings. The Morgan fingerprint density at radius 1 is 1.08 bits per heavy atom. The number of methoxy groups -OCH3 is 1. The number of carbonyl (C=O) groups is 2. The van der Waals surface area contributed by atoms with E-state index in [1.54, 1.807) is 19.2 Å². The molecule has 0 radical (unpaired) electrons. The maximum Gasteiger partial charge on any atom is 0.410 e. The van der Waals surface area contributed by atoms with E-state index in [0.717, 1.165) is 11.1 Å². The highest BCUT2D eigenvalue weighted by Gasteiger charge is 2.41. The Labute approximate surface area is 152 Å². The second kappa shape index (κ2) is 7.91. The van der Waals surface area contributed by atoms with E-state index >= 15 is 0 Å². The van der Waals surface area contributed by atoms with Crippen molar-refractivity contribution < 1.29 is 24.2 Å². The predicted octanol–water partition coefficient (Wildman–Crippen LogP) is 3.13. The summed E-state index contributed by atoms with van der Waals surface area (Å²) in [6.45, 7) is 0.623. The van der Waals surface area contributed by atoms with Gasteiger partial charge in [0.1, 0.15) is 12.4 Å². The monoisotopic (exact) mass is 355 g/mol. The van der Waals surface area contributed by atoms with Gasteiger partial charge >= 0.3 is 12.1 Å². The highest BCUT2D eigenvalue weighted by molar-refractivity contribution is 5.75. The molecule has 0 aliphatic carbocycles. The van der Waals surface area contributed by atoms with Crippen LogP contribution in [0.15, 0.2) is 54.6 Å². The van der Waals surface area contributed by atoms with Crippen molar-refractivity contribution >= 4 is 12.1 Å². The third-order valence-corrected chi connectivity index (χ3v) is 4.64. The Bertz CT molecular complexity index is 760. The van der Waals surface area contributed by atoms with E-state index in [1.807, 2.05) is 42.5 Å². The number of hydrogen-bond acceptors (Lipinski definition) is 4. The van der Waals surface area contributed by atoms with Gasteiger partial charge in [-0.1, -0.05) is 42.5 Å². The van der Waals surface area contributed by atoms with Crippen LogP contribution in [0.1, 0.15) is 17.0 Å². The van der Waals surface area contributed by atoms with E-state index in [0.29, 0.717) is 12.3 Å². The minimum atomic E-state index is -0.913. The predicted molar refractivity (Wildman–Crippen MR) is 95.1 cm³/mol. The van der Waals surface area contributed by atoms with Crippen LogP contribution in [0.2, 0.25) is 0 Å². The van der Waals surface area contributed by atoms with Gasteiger partial charge < -0.3 is 19.5 Å². The Balaban J connectivity index is 1.67. The van der Waals surface area contributed by atoms with Crippen LogP contribution in [0.25, 0.3) is 0 Å². The van der Waals surface area contributed by atoms with Gasteiger partial charge in [-0.2, -0.15) is 0 Å². The normalized spacial score (nSPS) is 19.2. The molecule has 0 spiro atoms. The molecular weight excluding hydrogens is 334 g/mol. The number of amides is 1. The maximum absolute atomic E-state index is 12.4. The number of aliphatic carboxylic acids is 1. The minimum Gasteiger partial charge on any atom is -0.497 e. The standard InChI is InChI=1S/C20H21NO5/c1-25-16-9-7-15(8-10-16)17-11-21(12-18(17)19(22)23)20(24)26-13-14-5-3-2-4-6-14/h2-10,17-18H,11-13H2,1H3,(H,22,23)/t17-,18-/m1/s1. The van der Waals surface area contributed by atoms with Crippen molar-refractivity contribution in [2.75, 3.05) is 20.2 Å². The highest BCUT2D eigenvalue weighted by Crippen LogP contribution is 2.34. The fourth-order valence-corrected chi connectivity index (χ4v) is 3.20. The maximum atomic E-state index is 12.4. The van der Waals surface area contributed by atoms with Crippen molar-refractivity contribution in [1.82, 2.24) is 4.90 Å². The first-order valence-corrected chi connectivity index (χ1v) is 8.41. The van der Waals surface area contributed by atoms with Crippen LogP contribution < -0.4 is 4.74 Å². The average molecular weight is 355 g/mol. The Morgan fingerprint density at radius 3 is 2.38 bits per heavy atom. The molecule has 0 aromatic heterocycles. The van der Waals surface area contributed by atoms with Gasteiger partial charge in [-0.05, 0) is 23.3 Å². The van der Waals surface area contributed by atoms with E-state index in [-0.39, 0.29) is 19.1 Å². The molecular formula is C20H21NO5. The number of hydrogen-bond donors (Lipinski definition) is 1. The van der Waals surface area contributed by atoms with Gasteiger partial charge in [0.25, 0.3) is 0 Å². The first-order chi connectivity index (χ1) is 12.6. The first kappa shape index (κ1) is 17.8. The second-order valence-electron chi connectivity index (χ2n) is 6.27. The van der Waals surface area contributed by atoms with E-state index < -0.39 is 18.0 Å². The fraction of sp³-hybridized carbons (Fsp3) is 0.300. The van der Waals surface area contributed by atoms with Gasteiger partial charge in [-0.25, -0.2) is 4.79 Å².